The summed E-state index contributed by atoms with van der Waals surface area (Å²) in [4.78, 5) is 26.0. The zero-order chi connectivity index (χ0) is 18.0. The number of carbonyl (C=O) groups excluding carboxylic acids is 1. The fraction of sp³-hybridized carbons (Fsp3) is 0.368. The number of benzene rings is 1. The number of pyridine rings is 1. The van der Waals surface area contributed by atoms with Gasteiger partial charge >= 0.3 is 0 Å². The second kappa shape index (κ2) is 7.19. The van der Waals surface area contributed by atoms with Crippen molar-refractivity contribution in [1.82, 2.24) is 9.47 Å². The van der Waals surface area contributed by atoms with E-state index in [0.717, 1.165) is 0 Å². The molecule has 0 radical (unpaired) electrons. The maximum absolute atomic E-state index is 13.0. The van der Waals surface area contributed by atoms with E-state index in [0.29, 0.717) is 37.2 Å². The molecule has 1 saturated heterocycles. The molecule has 1 aliphatic rings. The molecule has 2 aromatic rings. The molecule has 1 aromatic heterocycles. The summed E-state index contributed by atoms with van der Waals surface area (Å²) in [7, 11) is 1.58. The summed E-state index contributed by atoms with van der Waals surface area (Å²) in [5.41, 5.74) is 0.842. The van der Waals surface area contributed by atoms with Crippen molar-refractivity contribution in [2.75, 3.05) is 13.1 Å². The van der Waals surface area contributed by atoms with E-state index in [1.54, 1.807) is 36.2 Å². The third-order valence-corrected chi connectivity index (χ3v) is 4.89. The van der Waals surface area contributed by atoms with E-state index in [4.69, 9.17) is 0 Å². The predicted octanol–water partition coefficient (Wildman–Crippen LogP) is 2.11. The summed E-state index contributed by atoms with van der Waals surface area (Å²) in [5.74, 6) is -0.478. The molecule has 0 spiro atoms. The quantitative estimate of drug-likeness (QED) is 0.928. The molecule has 1 unspecified atom stereocenters. The minimum absolute atomic E-state index is 0.0223. The second-order valence-corrected chi connectivity index (χ2v) is 6.43. The Bertz CT molecular complexity index is 808. The predicted molar refractivity (Wildman–Crippen MR) is 91.7 cm³/mol. The van der Waals surface area contributed by atoms with Crippen LogP contribution < -0.4 is 5.56 Å². The molecule has 3 rings (SSSR count). The number of aliphatic hydroxyl groups excluding tert-OH is 1. The molecule has 5 nitrogen and oxygen atoms in total. The molecular formula is C19H21FN2O3. The van der Waals surface area contributed by atoms with Crippen molar-refractivity contribution in [2.24, 2.45) is 13.0 Å². The molecule has 0 saturated carbocycles. The van der Waals surface area contributed by atoms with Crippen LogP contribution in [0.25, 0.3) is 0 Å². The zero-order valence-electron chi connectivity index (χ0n) is 14.1. The first-order valence-electron chi connectivity index (χ1n) is 8.36. The van der Waals surface area contributed by atoms with Gasteiger partial charge in [0.25, 0.3) is 11.5 Å². The van der Waals surface area contributed by atoms with Crippen LogP contribution in [-0.2, 0) is 7.05 Å². The number of nitrogens with zero attached hydrogens (tertiary/aromatic N) is 2. The standard InChI is InChI=1S/C19H21FN2O3/c1-21-16(3-2-4-17(21)23)19(25)22-11-9-14(10-12-22)18(24)13-5-7-15(20)8-6-13/h2-8,14,18,24H,9-12H2,1H3. The lowest BCUT2D eigenvalue weighted by atomic mass is 9.87. The third-order valence-electron chi connectivity index (χ3n) is 4.89. The Morgan fingerprint density at radius 2 is 1.80 bits per heavy atom. The Hall–Kier alpha value is -2.47. The van der Waals surface area contributed by atoms with Crippen LogP contribution in [0.1, 0.15) is 35.0 Å². The molecule has 0 aliphatic carbocycles. The summed E-state index contributed by atoms with van der Waals surface area (Å²) in [6, 6.07) is 10.5. The highest BCUT2D eigenvalue weighted by atomic mass is 19.1. The summed E-state index contributed by atoms with van der Waals surface area (Å²) in [5, 5.41) is 10.5. The first kappa shape index (κ1) is 17.4. The molecule has 132 valence electrons. The molecule has 6 heteroatoms. The van der Waals surface area contributed by atoms with Crippen LogP contribution in [0.5, 0.6) is 0 Å². The first-order chi connectivity index (χ1) is 12.0. The van der Waals surface area contributed by atoms with Gasteiger partial charge in [-0.3, -0.25) is 9.59 Å². The van der Waals surface area contributed by atoms with E-state index in [2.05, 4.69) is 0 Å². The molecule has 1 N–H and O–H groups in total. The fourth-order valence-corrected chi connectivity index (χ4v) is 3.29. The first-order valence-corrected chi connectivity index (χ1v) is 8.36. The van der Waals surface area contributed by atoms with Gasteiger partial charge in [0.1, 0.15) is 11.5 Å². The number of rotatable bonds is 3. The van der Waals surface area contributed by atoms with E-state index in [9.17, 15) is 19.1 Å². The molecule has 1 aliphatic heterocycles. The third kappa shape index (κ3) is 3.64. The Balaban J connectivity index is 1.65. The van der Waals surface area contributed by atoms with Crippen LogP contribution in [0.15, 0.2) is 47.3 Å². The van der Waals surface area contributed by atoms with Crippen molar-refractivity contribution in [3.63, 3.8) is 0 Å². The van der Waals surface area contributed by atoms with Gasteiger partial charge in [0, 0.05) is 26.2 Å². The minimum atomic E-state index is -0.668. The van der Waals surface area contributed by atoms with Crippen LogP contribution >= 0.6 is 0 Å². The second-order valence-electron chi connectivity index (χ2n) is 6.43. The molecular weight excluding hydrogens is 323 g/mol. The largest absolute Gasteiger partial charge is 0.388 e. The number of aromatic nitrogens is 1. The molecule has 0 bridgehead atoms. The Kier molecular flexibility index (Phi) is 4.99. The van der Waals surface area contributed by atoms with Crippen molar-refractivity contribution in [3.05, 3.63) is 69.9 Å². The van der Waals surface area contributed by atoms with E-state index < -0.39 is 6.10 Å². The number of piperidine rings is 1. The number of aliphatic hydroxyl groups is 1. The SMILES string of the molecule is Cn1c(C(=O)N2CCC(C(O)c3ccc(F)cc3)CC2)cccc1=O. The lowest BCUT2D eigenvalue weighted by Gasteiger charge is -2.34. The minimum Gasteiger partial charge on any atom is -0.388 e. The van der Waals surface area contributed by atoms with Gasteiger partial charge in [0.2, 0.25) is 0 Å². The van der Waals surface area contributed by atoms with Gasteiger partial charge in [-0.2, -0.15) is 0 Å². The van der Waals surface area contributed by atoms with Crippen LogP contribution in [-0.4, -0.2) is 33.6 Å². The highest BCUT2D eigenvalue weighted by Gasteiger charge is 2.29. The number of carbonyl (C=O) groups is 1. The van der Waals surface area contributed by atoms with Gasteiger partial charge < -0.3 is 14.6 Å². The number of hydrogen-bond donors (Lipinski definition) is 1. The van der Waals surface area contributed by atoms with Gasteiger partial charge in [0.05, 0.1) is 6.10 Å². The molecule has 1 atom stereocenters. The monoisotopic (exact) mass is 344 g/mol. The summed E-state index contributed by atoms with van der Waals surface area (Å²) in [6.45, 7) is 1.04. The highest BCUT2D eigenvalue weighted by molar-refractivity contribution is 5.92. The molecule has 1 aromatic carbocycles. The zero-order valence-corrected chi connectivity index (χ0v) is 14.1. The highest BCUT2D eigenvalue weighted by Crippen LogP contribution is 2.31. The van der Waals surface area contributed by atoms with E-state index in [1.807, 2.05) is 0 Å². The normalized spacial score (nSPS) is 16.7. The number of hydrogen-bond acceptors (Lipinski definition) is 3. The number of halogens is 1. The van der Waals surface area contributed by atoms with E-state index in [1.165, 1.54) is 22.8 Å². The maximum Gasteiger partial charge on any atom is 0.270 e. The van der Waals surface area contributed by atoms with Gasteiger partial charge in [-0.25, -0.2) is 4.39 Å². The molecule has 1 amide bonds. The van der Waals surface area contributed by atoms with Gasteiger partial charge in [-0.05, 0) is 42.5 Å². The smallest absolute Gasteiger partial charge is 0.270 e. The van der Waals surface area contributed by atoms with Gasteiger partial charge in [-0.15, -0.1) is 0 Å². The summed E-state index contributed by atoms with van der Waals surface area (Å²) >= 11 is 0. The van der Waals surface area contributed by atoms with Crippen molar-refractivity contribution >= 4 is 5.91 Å². The van der Waals surface area contributed by atoms with Crippen molar-refractivity contribution in [1.29, 1.82) is 0 Å². The molecule has 1 fully saturated rings. The van der Waals surface area contributed by atoms with E-state index in [-0.39, 0.29) is 23.2 Å². The van der Waals surface area contributed by atoms with Crippen molar-refractivity contribution < 1.29 is 14.3 Å². The lowest BCUT2D eigenvalue weighted by molar-refractivity contribution is 0.0455. The summed E-state index contributed by atoms with van der Waals surface area (Å²) in [6.07, 6.45) is 0.648. The van der Waals surface area contributed by atoms with Crippen molar-refractivity contribution in [3.8, 4) is 0 Å². The van der Waals surface area contributed by atoms with Gasteiger partial charge in [0.15, 0.2) is 0 Å². The molecule has 25 heavy (non-hydrogen) atoms. The summed E-state index contributed by atoms with van der Waals surface area (Å²) < 4.78 is 14.4. The fourth-order valence-electron chi connectivity index (χ4n) is 3.29. The molecule has 2 heterocycles. The average molecular weight is 344 g/mol. The van der Waals surface area contributed by atoms with Crippen LogP contribution in [0.2, 0.25) is 0 Å². The lowest BCUT2D eigenvalue weighted by Crippen LogP contribution is -2.41. The number of amides is 1. The van der Waals surface area contributed by atoms with Crippen molar-refractivity contribution in [2.45, 2.75) is 18.9 Å². The van der Waals surface area contributed by atoms with Crippen LogP contribution in [0, 0.1) is 11.7 Å². The maximum atomic E-state index is 13.0. The Labute approximate surface area is 145 Å². The van der Waals surface area contributed by atoms with Gasteiger partial charge in [-0.1, -0.05) is 18.2 Å². The van der Waals surface area contributed by atoms with Crippen LogP contribution in [0.3, 0.4) is 0 Å². The Morgan fingerprint density at radius 3 is 2.44 bits per heavy atom. The van der Waals surface area contributed by atoms with E-state index >= 15 is 0 Å². The topological polar surface area (TPSA) is 62.5 Å². The Morgan fingerprint density at radius 1 is 1.16 bits per heavy atom. The number of likely N-dealkylation sites (tertiary alicyclic amines) is 1. The van der Waals surface area contributed by atoms with Crippen LogP contribution in [0.4, 0.5) is 4.39 Å². The average Bonchev–Trinajstić information content (AvgIpc) is 2.64.